The molecule has 3 saturated heterocycles. The minimum Gasteiger partial charge on any atom is -0.468 e. The number of fused-ring (bicyclic) bond motifs is 3. The van der Waals surface area contributed by atoms with Crippen molar-refractivity contribution in [3.05, 3.63) is 58.0 Å². The summed E-state index contributed by atoms with van der Waals surface area (Å²) in [6.45, 7) is -3.91. The Hall–Kier alpha value is -4.54. The Kier molecular flexibility index (Phi) is 8.78. The summed E-state index contributed by atoms with van der Waals surface area (Å²) in [7, 11) is 1.39. The van der Waals surface area contributed by atoms with E-state index in [0.717, 1.165) is 11.1 Å². The molecule has 3 N–H and O–H groups in total. The van der Waals surface area contributed by atoms with Crippen LogP contribution in [0, 0.1) is 11.6 Å². The van der Waals surface area contributed by atoms with E-state index in [0.29, 0.717) is 11.9 Å². The standard InChI is InChI=1S/C37H42F4N6O6/c1-36(13-22(38)15-42-18-36)46-35(49)51-10-3-5-25-28(40)7-6-21-11-24(53-20-50-2)12-26(29(21)25)31-30(41)32-27(16-43-31)33(48)45-34(44-32)52-19-37-8-4-9-47(37)17-23(39)14-37/h6-7,11-12,16,22-23,42H,3-5,8-10,13-15,17-20H2,1-2H3,(H,46,49)(H,44,45,48)/t22-,23?,36-,37?/m1/s1/i9D2,19D2,23D. The highest BCUT2D eigenvalue weighted by Crippen LogP contribution is 2.41. The van der Waals surface area contributed by atoms with Gasteiger partial charge in [-0.05, 0) is 73.6 Å². The molecule has 0 spiro atoms. The molecular formula is C37H42F4N6O6. The van der Waals surface area contributed by atoms with Crippen LogP contribution in [0.2, 0.25) is 0 Å². The molecule has 0 radical (unpaired) electrons. The van der Waals surface area contributed by atoms with Gasteiger partial charge >= 0.3 is 6.09 Å². The van der Waals surface area contributed by atoms with Gasteiger partial charge in [0.25, 0.3) is 11.6 Å². The second-order valence-corrected chi connectivity index (χ2v) is 13.7. The number of H-pyrrole nitrogens is 1. The SMILES string of the molecule is [2H]C1(F)CN2C([2H])([2H])CCC2(C([2H])([2H])Oc2nc3c(F)c(-c4cc(OCOC)cc5ccc(F)c(CCCOC(=O)N[C@@]6(C)CNC[C@H](F)C6)c45)ncc3c(=O)[nH]2)C1. The highest BCUT2D eigenvalue weighted by Gasteiger charge is 2.49. The van der Waals surface area contributed by atoms with Crippen molar-refractivity contribution in [3.8, 4) is 23.0 Å². The molecule has 1 amide bonds. The van der Waals surface area contributed by atoms with Crippen molar-refractivity contribution in [3.63, 3.8) is 0 Å². The van der Waals surface area contributed by atoms with Gasteiger partial charge in [0.05, 0.1) is 27.2 Å². The summed E-state index contributed by atoms with van der Waals surface area (Å²) >= 11 is 0. The summed E-state index contributed by atoms with van der Waals surface area (Å²) in [4.78, 5) is 37.3. The van der Waals surface area contributed by atoms with Gasteiger partial charge in [0, 0.05) is 54.1 Å². The van der Waals surface area contributed by atoms with Crippen LogP contribution >= 0.6 is 0 Å². The fourth-order valence-corrected chi connectivity index (χ4v) is 7.25. The van der Waals surface area contributed by atoms with Crippen molar-refractivity contribution < 1.29 is 48.2 Å². The zero-order valence-electron chi connectivity index (χ0n) is 34.0. The van der Waals surface area contributed by atoms with Gasteiger partial charge in [0.1, 0.15) is 41.7 Å². The van der Waals surface area contributed by atoms with Crippen LogP contribution in [0.25, 0.3) is 32.9 Å². The molecular weight excluding hydrogens is 700 g/mol. The Morgan fingerprint density at radius 1 is 1.25 bits per heavy atom. The highest BCUT2D eigenvalue weighted by atomic mass is 19.1. The van der Waals surface area contributed by atoms with Gasteiger partial charge in [0.2, 0.25) is 0 Å². The lowest BCUT2D eigenvalue weighted by molar-refractivity contribution is 0.0512. The summed E-state index contributed by atoms with van der Waals surface area (Å²) < 4.78 is 125. The molecule has 3 fully saturated rings. The van der Waals surface area contributed by atoms with Crippen LogP contribution in [0.1, 0.15) is 51.4 Å². The number of alkyl carbamates (subject to hydrolysis) is 1. The van der Waals surface area contributed by atoms with E-state index in [9.17, 15) is 14.0 Å². The minimum absolute atomic E-state index is 0.00245. The van der Waals surface area contributed by atoms with Crippen molar-refractivity contribution >= 4 is 27.8 Å². The number of alkyl halides is 2. The van der Waals surface area contributed by atoms with Crippen LogP contribution in [0.4, 0.5) is 22.4 Å². The molecule has 12 nitrogen and oxygen atoms in total. The molecule has 53 heavy (non-hydrogen) atoms. The molecule has 5 heterocycles. The van der Waals surface area contributed by atoms with Crippen LogP contribution in [0.15, 0.2) is 35.3 Å². The van der Waals surface area contributed by atoms with E-state index >= 15 is 13.2 Å². The number of amides is 1. The molecule has 16 heteroatoms. The van der Waals surface area contributed by atoms with Crippen LogP contribution in [-0.2, 0) is 15.9 Å². The maximum absolute atomic E-state index is 16.8. The molecule has 2 aromatic carbocycles. The second kappa shape index (κ2) is 15.1. The third-order valence-electron chi connectivity index (χ3n) is 9.68. The summed E-state index contributed by atoms with van der Waals surface area (Å²) in [6.07, 6.45) is -4.47. The van der Waals surface area contributed by atoms with Crippen molar-refractivity contribution in [1.82, 2.24) is 30.5 Å². The van der Waals surface area contributed by atoms with Crippen molar-refractivity contribution in [1.29, 1.82) is 0 Å². The first-order chi connectivity index (χ1) is 27.3. The predicted molar refractivity (Wildman–Crippen MR) is 188 cm³/mol. The maximum Gasteiger partial charge on any atom is 0.407 e. The van der Waals surface area contributed by atoms with Crippen LogP contribution in [0.3, 0.4) is 0 Å². The zero-order chi connectivity index (χ0) is 41.8. The van der Waals surface area contributed by atoms with E-state index in [2.05, 4.69) is 25.6 Å². The van der Waals surface area contributed by atoms with E-state index < -0.39 is 89.9 Å². The number of halogens is 4. The number of aromatic nitrogens is 3. The molecule has 2 aromatic heterocycles. The average Bonchev–Trinajstić information content (AvgIpc) is 3.58. The topological polar surface area (TPSA) is 140 Å². The molecule has 4 aromatic rings. The molecule has 7 rings (SSSR count). The predicted octanol–water partition coefficient (Wildman–Crippen LogP) is 5.10. The van der Waals surface area contributed by atoms with E-state index in [1.807, 2.05) is 0 Å². The third-order valence-corrected chi connectivity index (χ3v) is 9.68. The Morgan fingerprint density at radius 3 is 2.91 bits per heavy atom. The normalized spacial score (nSPS) is 28.4. The maximum atomic E-state index is 16.8. The highest BCUT2D eigenvalue weighted by molar-refractivity contribution is 6.01. The van der Waals surface area contributed by atoms with Gasteiger partial charge in [-0.15, -0.1) is 0 Å². The Bertz CT molecular complexity index is 2310. The van der Waals surface area contributed by atoms with Gasteiger partial charge in [-0.25, -0.2) is 22.4 Å². The Morgan fingerprint density at radius 2 is 2.09 bits per heavy atom. The number of nitrogens with one attached hydrogen (secondary N) is 3. The second-order valence-electron chi connectivity index (χ2n) is 13.7. The first-order valence-electron chi connectivity index (χ1n) is 19.7. The average molecular weight is 748 g/mol. The number of methoxy groups -OCH3 is 1. The summed E-state index contributed by atoms with van der Waals surface area (Å²) in [6, 6.07) is 4.86. The first-order valence-corrected chi connectivity index (χ1v) is 17.2. The van der Waals surface area contributed by atoms with Gasteiger partial charge in [0.15, 0.2) is 12.6 Å². The van der Waals surface area contributed by atoms with Crippen LogP contribution in [-0.4, -0.2) is 103 Å². The number of carbonyl (C=O) groups is 1. The number of hydrogen-bond donors (Lipinski definition) is 3. The molecule has 0 aliphatic carbocycles. The van der Waals surface area contributed by atoms with Crippen molar-refractivity contribution in [2.24, 2.45) is 0 Å². The fraction of sp³-hybridized carbons (Fsp3) is 0.514. The number of piperidine rings is 1. The van der Waals surface area contributed by atoms with Gasteiger partial charge < -0.3 is 29.6 Å². The first kappa shape index (κ1) is 30.9. The molecule has 4 atom stereocenters. The molecule has 284 valence electrons. The summed E-state index contributed by atoms with van der Waals surface area (Å²) in [5.41, 5.74) is -4.63. The molecule has 2 unspecified atom stereocenters. The number of pyridine rings is 1. The number of aryl methyl sites for hydroxylation is 1. The Labute approximate surface area is 309 Å². The fourth-order valence-electron chi connectivity index (χ4n) is 7.25. The van der Waals surface area contributed by atoms with Crippen molar-refractivity contribution in [2.75, 3.05) is 53.2 Å². The number of rotatable bonds is 12. The number of hydrogen-bond acceptors (Lipinski definition) is 10. The zero-order valence-corrected chi connectivity index (χ0v) is 29.0. The molecule has 3 aliphatic rings. The lowest BCUT2D eigenvalue weighted by Gasteiger charge is -2.36. The Balaban J connectivity index is 1.22. The summed E-state index contributed by atoms with van der Waals surface area (Å²) in [5, 5.41) is 5.87. The smallest absolute Gasteiger partial charge is 0.407 e. The number of ether oxygens (including phenoxy) is 4. The van der Waals surface area contributed by atoms with E-state index in [1.54, 1.807) is 13.0 Å². The quantitative estimate of drug-likeness (QED) is 0.102. The van der Waals surface area contributed by atoms with Crippen molar-refractivity contribution in [2.45, 2.75) is 68.8 Å². The van der Waals surface area contributed by atoms with Crippen LogP contribution in [0.5, 0.6) is 11.8 Å². The molecule has 0 saturated carbocycles. The lowest BCUT2D eigenvalue weighted by Crippen LogP contribution is -2.58. The van der Waals surface area contributed by atoms with Crippen LogP contribution < -0.4 is 25.7 Å². The van der Waals surface area contributed by atoms with Gasteiger partial charge in [-0.2, -0.15) is 4.98 Å². The third kappa shape index (κ3) is 7.62. The van der Waals surface area contributed by atoms with Gasteiger partial charge in [-0.1, -0.05) is 6.07 Å². The number of benzene rings is 2. The van der Waals surface area contributed by atoms with E-state index in [4.69, 9.17) is 25.8 Å². The number of nitrogens with zero attached hydrogens (tertiary/aromatic N) is 3. The lowest BCUT2D eigenvalue weighted by atomic mass is 9.91. The largest absolute Gasteiger partial charge is 0.468 e. The number of aromatic amines is 1. The molecule has 0 bridgehead atoms. The molecule has 3 aliphatic heterocycles. The van der Waals surface area contributed by atoms with E-state index in [-0.39, 0.29) is 79.7 Å². The summed E-state index contributed by atoms with van der Waals surface area (Å²) in [5.74, 6) is -1.63. The minimum atomic E-state index is -2.93. The van der Waals surface area contributed by atoms with Gasteiger partial charge in [-0.3, -0.25) is 19.7 Å². The van der Waals surface area contributed by atoms with E-state index in [1.165, 1.54) is 25.3 Å². The monoisotopic (exact) mass is 747 g/mol. The number of carbonyl (C=O) groups excluding carboxylic acids is 1.